The highest BCUT2D eigenvalue weighted by molar-refractivity contribution is 8.00. The lowest BCUT2D eigenvalue weighted by Gasteiger charge is -2.26. The first kappa shape index (κ1) is 23.6. The van der Waals surface area contributed by atoms with E-state index in [0.29, 0.717) is 5.56 Å². The van der Waals surface area contributed by atoms with Crippen molar-refractivity contribution >= 4 is 70.1 Å². The molecule has 3 rings (SSSR count). The van der Waals surface area contributed by atoms with Gasteiger partial charge < -0.3 is 5.32 Å². The van der Waals surface area contributed by atoms with Gasteiger partial charge in [0.05, 0.1) is 31.6 Å². The maximum Gasteiger partial charge on any atom is 0.399 e. The zero-order valence-corrected chi connectivity index (χ0v) is 18.9. The quantitative estimate of drug-likeness (QED) is 0.418. The summed E-state index contributed by atoms with van der Waals surface area (Å²) in [5, 5.41) is 2.87. The summed E-state index contributed by atoms with van der Waals surface area (Å²) in [5.41, 5.74) is 0.545. The molecule has 1 fully saturated rings. The topological polar surface area (TPSA) is 29.1 Å². The Morgan fingerprint density at radius 3 is 2.20 bits per heavy atom. The van der Waals surface area contributed by atoms with Crippen LogP contribution in [0.25, 0.3) is 6.08 Å². The number of alkyl halides is 3. The number of carbonyl (C=O) groups excluding carboxylic acids is 1. The minimum Gasteiger partial charge on any atom is -0.348 e. The number of nitrogens with one attached hydrogen (secondary N) is 1. The van der Waals surface area contributed by atoms with E-state index >= 15 is 0 Å². The van der Waals surface area contributed by atoms with Crippen LogP contribution < -0.4 is 5.32 Å². The van der Waals surface area contributed by atoms with E-state index < -0.39 is 12.1 Å². The van der Waals surface area contributed by atoms with Gasteiger partial charge in [0.1, 0.15) is 0 Å². The van der Waals surface area contributed by atoms with E-state index in [1.165, 1.54) is 24.3 Å². The molecule has 0 aromatic heterocycles. The Kier molecular flexibility index (Phi) is 7.57. The Labute approximate surface area is 195 Å². The SMILES string of the molecule is O=C(NC1CSC1)c1ccc(C=CC(c2cc(Cl)c(Cl)c(Cl)c2)C(F)(F)F)cc1Cl. The van der Waals surface area contributed by atoms with Crippen LogP contribution in [0.5, 0.6) is 0 Å². The number of hydrogen-bond acceptors (Lipinski definition) is 2. The van der Waals surface area contributed by atoms with E-state index in [0.717, 1.165) is 29.7 Å². The van der Waals surface area contributed by atoms with Crippen LogP contribution in [0.2, 0.25) is 20.1 Å². The van der Waals surface area contributed by atoms with Gasteiger partial charge in [0.2, 0.25) is 0 Å². The van der Waals surface area contributed by atoms with Crippen molar-refractivity contribution in [3.63, 3.8) is 0 Å². The molecule has 0 saturated carbocycles. The number of benzene rings is 2. The number of thioether (sulfide) groups is 1. The van der Waals surface area contributed by atoms with Crippen molar-refractivity contribution in [2.24, 2.45) is 0 Å². The number of allylic oxidation sites excluding steroid dienone is 1. The summed E-state index contributed by atoms with van der Waals surface area (Å²) in [7, 11) is 0. The van der Waals surface area contributed by atoms with Crippen molar-refractivity contribution in [1.82, 2.24) is 5.32 Å². The van der Waals surface area contributed by atoms with Gasteiger partial charge in [-0.1, -0.05) is 64.6 Å². The van der Waals surface area contributed by atoms with Crippen LogP contribution in [0, 0.1) is 0 Å². The summed E-state index contributed by atoms with van der Waals surface area (Å²) < 4.78 is 40.9. The highest BCUT2D eigenvalue weighted by atomic mass is 35.5. The summed E-state index contributed by atoms with van der Waals surface area (Å²) in [4.78, 5) is 12.2. The van der Waals surface area contributed by atoms with Gasteiger partial charge in [0, 0.05) is 17.5 Å². The molecule has 1 atom stereocenters. The van der Waals surface area contributed by atoms with Crippen molar-refractivity contribution in [2.75, 3.05) is 11.5 Å². The highest BCUT2D eigenvalue weighted by Crippen LogP contribution is 2.41. The Morgan fingerprint density at radius 1 is 1.07 bits per heavy atom. The molecular formula is C20H14Cl4F3NOS. The normalized spacial score (nSPS) is 15.8. The zero-order valence-electron chi connectivity index (χ0n) is 15.1. The fraction of sp³-hybridized carbons (Fsp3) is 0.250. The molecule has 1 aliphatic rings. The second-order valence-electron chi connectivity index (χ2n) is 6.62. The molecule has 1 N–H and O–H groups in total. The molecule has 1 aliphatic heterocycles. The highest BCUT2D eigenvalue weighted by Gasteiger charge is 2.39. The molecule has 1 unspecified atom stereocenters. The summed E-state index contributed by atoms with van der Waals surface area (Å²) >= 11 is 25.5. The lowest BCUT2D eigenvalue weighted by Crippen LogP contribution is -2.43. The second-order valence-corrected chi connectivity index (χ2v) is 9.30. The summed E-state index contributed by atoms with van der Waals surface area (Å²) in [6.45, 7) is 0. The van der Waals surface area contributed by atoms with Gasteiger partial charge in [-0.05, 0) is 35.4 Å². The Balaban J connectivity index is 1.84. The van der Waals surface area contributed by atoms with Crippen LogP contribution >= 0.6 is 58.2 Å². The molecule has 2 aromatic rings. The summed E-state index contributed by atoms with van der Waals surface area (Å²) in [5.74, 6) is -0.564. The molecular weight excluding hydrogens is 501 g/mol. The molecule has 0 radical (unpaired) electrons. The van der Waals surface area contributed by atoms with E-state index in [9.17, 15) is 18.0 Å². The molecule has 1 amide bonds. The minimum absolute atomic E-state index is 0.00636. The van der Waals surface area contributed by atoms with E-state index in [-0.39, 0.29) is 43.2 Å². The third-order valence-corrected chi connectivity index (χ3v) is 7.20. The van der Waals surface area contributed by atoms with Gasteiger partial charge in [-0.3, -0.25) is 4.79 Å². The maximum atomic E-state index is 13.6. The molecule has 0 spiro atoms. The van der Waals surface area contributed by atoms with E-state index in [1.54, 1.807) is 11.8 Å². The van der Waals surface area contributed by atoms with Gasteiger partial charge in [-0.2, -0.15) is 24.9 Å². The molecule has 0 bridgehead atoms. The predicted molar refractivity (Wildman–Crippen MR) is 119 cm³/mol. The Hall–Kier alpha value is -1.05. The standard InChI is InChI=1S/C20H14Cl4F3NOS/c21-15-5-10(1-3-13(15)19(29)28-12-8-30-9-12)2-4-14(20(25,26)27)11-6-16(22)18(24)17(23)7-11/h1-7,12,14H,8-9H2,(H,28,29). The van der Waals surface area contributed by atoms with Crippen molar-refractivity contribution in [1.29, 1.82) is 0 Å². The average molecular weight is 515 g/mol. The van der Waals surface area contributed by atoms with Gasteiger partial charge in [0.25, 0.3) is 5.91 Å². The number of amides is 1. The monoisotopic (exact) mass is 513 g/mol. The van der Waals surface area contributed by atoms with Crippen molar-refractivity contribution in [2.45, 2.75) is 18.1 Å². The lowest BCUT2D eigenvalue weighted by molar-refractivity contribution is -0.139. The number of hydrogen-bond donors (Lipinski definition) is 1. The summed E-state index contributed by atoms with van der Waals surface area (Å²) in [6.07, 6.45) is -2.32. The molecule has 30 heavy (non-hydrogen) atoms. The number of halogens is 7. The first-order valence-electron chi connectivity index (χ1n) is 8.63. The van der Waals surface area contributed by atoms with Crippen molar-refractivity contribution in [3.8, 4) is 0 Å². The van der Waals surface area contributed by atoms with Crippen LogP contribution in [0.15, 0.2) is 36.4 Å². The number of rotatable bonds is 5. The minimum atomic E-state index is -4.58. The zero-order chi connectivity index (χ0) is 22.1. The largest absolute Gasteiger partial charge is 0.399 e. The fourth-order valence-electron chi connectivity index (χ4n) is 2.77. The Bertz CT molecular complexity index is 969. The van der Waals surface area contributed by atoms with Crippen molar-refractivity contribution < 1.29 is 18.0 Å². The maximum absolute atomic E-state index is 13.6. The van der Waals surface area contributed by atoms with Crippen LogP contribution in [-0.2, 0) is 0 Å². The predicted octanol–water partition coefficient (Wildman–Crippen LogP) is 7.50. The fourth-order valence-corrected chi connectivity index (χ4v) is 4.30. The molecule has 1 heterocycles. The molecule has 2 aromatic carbocycles. The molecule has 1 saturated heterocycles. The van der Waals surface area contributed by atoms with Crippen molar-refractivity contribution in [3.05, 3.63) is 73.2 Å². The molecule has 10 heteroatoms. The average Bonchev–Trinajstić information content (AvgIpc) is 2.61. The van der Waals surface area contributed by atoms with E-state index in [4.69, 9.17) is 46.4 Å². The molecule has 0 aliphatic carbocycles. The van der Waals surface area contributed by atoms with E-state index in [2.05, 4.69) is 5.32 Å². The van der Waals surface area contributed by atoms with Crippen LogP contribution in [0.3, 0.4) is 0 Å². The van der Waals surface area contributed by atoms with Gasteiger partial charge in [-0.25, -0.2) is 0 Å². The number of carbonyl (C=O) groups is 1. The molecule has 160 valence electrons. The third kappa shape index (κ3) is 5.60. The van der Waals surface area contributed by atoms with Gasteiger partial charge in [-0.15, -0.1) is 0 Å². The second kappa shape index (κ2) is 9.61. The van der Waals surface area contributed by atoms with Gasteiger partial charge in [0.15, 0.2) is 0 Å². The van der Waals surface area contributed by atoms with Crippen LogP contribution in [0.4, 0.5) is 13.2 Å². The third-order valence-electron chi connectivity index (χ3n) is 4.41. The van der Waals surface area contributed by atoms with Crippen LogP contribution in [0.1, 0.15) is 27.4 Å². The first-order chi connectivity index (χ1) is 14.1. The summed E-state index contributed by atoms with van der Waals surface area (Å²) in [6, 6.07) is 6.85. The molecule has 2 nitrogen and oxygen atoms in total. The van der Waals surface area contributed by atoms with Crippen LogP contribution in [-0.4, -0.2) is 29.6 Å². The van der Waals surface area contributed by atoms with Gasteiger partial charge >= 0.3 is 6.18 Å². The Morgan fingerprint density at radius 2 is 1.70 bits per heavy atom. The first-order valence-corrected chi connectivity index (χ1v) is 11.3. The lowest BCUT2D eigenvalue weighted by atomic mass is 9.97. The van der Waals surface area contributed by atoms with E-state index in [1.807, 2.05) is 0 Å². The smallest absolute Gasteiger partial charge is 0.348 e.